The summed E-state index contributed by atoms with van der Waals surface area (Å²) >= 11 is 0. The van der Waals surface area contributed by atoms with Crippen LogP contribution in [0.2, 0.25) is 0 Å². The largest absolute Gasteiger partial charge is 0.348 e. The van der Waals surface area contributed by atoms with E-state index in [-0.39, 0.29) is 23.9 Å². The van der Waals surface area contributed by atoms with Gasteiger partial charge in [0.15, 0.2) is 0 Å². The molecule has 0 aliphatic heterocycles. The summed E-state index contributed by atoms with van der Waals surface area (Å²) in [5, 5.41) is 2.86. The fourth-order valence-electron chi connectivity index (χ4n) is 2.77. The number of carbonyl (C=O) groups is 1. The summed E-state index contributed by atoms with van der Waals surface area (Å²) in [7, 11) is -3.59. The molecule has 1 N–H and O–H groups in total. The number of hydrogen-bond acceptors (Lipinski definition) is 3. The van der Waals surface area contributed by atoms with Crippen molar-refractivity contribution < 1.29 is 13.2 Å². The van der Waals surface area contributed by atoms with Gasteiger partial charge in [-0.3, -0.25) is 9.10 Å². The van der Waals surface area contributed by atoms with Crippen molar-refractivity contribution in [2.24, 2.45) is 0 Å². The van der Waals surface area contributed by atoms with Crippen LogP contribution in [0.25, 0.3) is 0 Å². The molecular weight excluding hydrogens is 360 g/mol. The van der Waals surface area contributed by atoms with Gasteiger partial charge in [-0.15, -0.1) is 0 Å². The van der Waals surface area contributed by atoms with Gasteiger partial charge in [-0.05, 0) is 35.6 Å². The second-order valence-electron chi connectivity index (χ2n) is 7.77. The van der Waals surface area contributed by atoms with Crippen LogP contribution in [0.5, 0.6) is 0 Å². The van der Waals surface area contributed by atoms with Crippen molar-refractivity contribution in [1.82, 2.24) is 5.32 Å². The van der Waals surface area contributed by atoms with Crippen molar-refractivity contribution in [2.45, 2.75) is 39.2 Å². The zero-order valence-electron chi connectivity index (χ0n) is 16.6. The zero-order chi connectivity index (χ0) is 20.2. The number of benzene rings is 2. The first-order valence-electron chi connectivity index (χ1n) is 8.91. The lowest BCUT2D eigenvalue weighted by Gasteiger charge is -2.25. The number of carbonyl (C=O) groups excluding carboxylic acids is 1. The number of nitrogens with one attached hydrogen (secondary N) is 1. The molecule has 0 saturated heterocycles. The van der Waals surface area contributed by atoms with Crippen LogP contribution >= 0.6 is 0 Å². The maximum atomic E-state index is 12.5. The molecule has 5 nitrogen and oxygen atoms in total. The maximum absolute atomic E-state index is 12.5. The van der Waals surface area contributed by atoms with E-state index in [1.165, 1.54) is 0 Å². The smallest absolute Gasteiger partial charge is 0.241 e. The van der Waals surface area contributed by atoms with Crippen LogP contribution in [0.3, 0.4) is 0 Å². The molecule has 27 heavy (non-hydrogen) atoms. The number of rotatable bonds is 6. The average Bonchev–Trinajstić information content (AvgIpc) is 2.59. The molecule has 0 bridgehead atoms. The van der Waals surface area contributed by atoms with Crippen LogP contribution in [0, 0.1) is 0 Å². The van der Waals surface area contributed by atoms with E-state index in [1.807, 2.05) is 49.4 Å². The van der Waals surface area contributed by atoms with E-state index >= 15 is 0 Å². The quantitative estimate of drug-likeness (QED) is 0.822. The van der Waals surface area contributed by atoms with Gasteiger partial charge in [0, 0.05) is 0 Å². The number of sulfonamides is 1. The molecule has 0 radical (unpaired) electrons. The summed E-state index contributed by atoms with van der Waals surface area (Å²) in [5.74, 6) is -0.350. The molecule has 2 aromatic carbocycles. The maximum Gasteiger partial charge on any atom is 0.241 e. The molecule has 2 aromatic rings. The number of nitrogens with zero attached hydrogens (tertiary/aromatic N) is 1. The highest BCUT2D eigenvalue weighted by Crippen LogP contribution is 2.26. The van der Waals surface area contributed by atoms with E-state index in [9.17, 15) is 13.2 Å². The Morgan fingerprint density at radius 3 is 2.07 bits per heavy atom. The topological polar surface area (TPSA) is 66.5 Å². The van der Waals surface area contributed by atoms with E-state index in [0.717, 1.165) is 21.7 Å². The predicted molar refractivity (Wildman–Crippen MR) is 110 cm³/mol. The van der Waals surface area contributed by atoms with Gasteiger partial charge >= 0.3 is 0 Å². The molecule has 0 aliphatic rings. The fourth-order valence-corrected chi connectivity index (χ4v) is 3.63. The Balaban J connectivity index is 2.16. The predicted octanol–water partition coefficient (Wildman–Crippen LogP) is 3.63. The molecule has 0 spiro atoms. The lowest BCUT2D eigenvalue weighted by Crippen LogP contribution is -2.41. The third-order valence-corrected chi connectivity index (χ3v) is 5.53. The minimum Gasteiger partial charge on any atom is -0.348 e. The Morgan fingerprint density at radius 1 is 1.04 bits per heavy atom. The summed E-state index contributed by atoms with van der Waals surface area (Å²) in [4.78, 5) is 12.5. The Morgan fingerprint density at radius 2 is 1.59 bits per heavy atom. The highest BCUT2D eigenvalue weighted by molar-refractivity contribution is 7.92. The van der Waals surface area contributed by atoms with Gasteiger partial charge in [0.1, 0.15) is 6.54 Å². The van der Waals surface area contributed by atoms with Crippen LogP contribution in [0.1, 0.15) is 44.9 Å². The molecule has 6 heteroatoms. The lowest BCUT2D eigenvalue weighted by molar-refractivity contribution is -0.120. The molecule has 1 atom stereocenters. The molecule has 0 saturated carbocycles. The first kappa shape index (κ1) is 21.0. The number of amides is 1. The Kier molecular flexibility index (Phi) is 6.31. The van der Waals surface area contributed by atoms with Gasteiger partial charge in [-0.2, -0.15) is 0 Å². The standard InChI is InChI=1S/C21H28N2O3S/c1-16(17-9-7-6-8-10-17)22-20(24)15-23(27(5,25)26)19-13-11-18(12-14-19)21(2,3)4/h6-14,16H,15H2,1-5H3,(H,22,24)/t16-/m0/s1. The van der Waals surface area contributed by atoms with Crippen molar-refractivity contribution in [1.29, 1.82) is 0 Å². The third kappa shape index (κ3) is 5.82. The van der Waals surface area contributed by atoms with Crippen molar-refractivity contribution in [3.8, 4) is 0 Å². The normalized spacial score (nSPS) is 13.1. The lowest BCUT2D eigenvalue weighted by atomic mass is 9.87. The first-order chi connectivity index (χ1) is 12.5. The number of anilines is 1. The van der Waals surface area contributed by atoms with Crippen LogP contribution in [-0.4, -0.2) is 27.1 Å². The molecule has 0 aliphatic carbocycles. The Labute approximate surface area is 162 Å². The van der Waals surface area contributed by atoms with Crippen LogP contribution in [-0.2, 0) is 20.2 Å². The molecular formula is C21H28N2O3S. The van der Waals surface area contributed by atoms with Crippen LogP contribution in [0.15, 0.2) is 54.6 Å². The van der Waals surface area contributed by atoms with E-state index < -0.39 is 10.0 Å². The number of hydrogen-bond donors (Lipinski definition) is 1. The average molecular weight is 389 g/mol. The highest BCUT2D eigenvalue weighted by atomic mass is 32.2. The van der Waals surface area contributed by atoms with Gasteiger partial charge in [-0.1, -0.05) is 63.2 Å². The molecule has 1 amide bonds. The van der Waals surface area contributed by atoms with Crippen molar-refractivity contribution in [3.63, 3.8) is 0 Å². The molecule has 0 aromatic heterocycles. The van der Waals surface area contributed by atoms with E-state index in [4.69, 9.17) is 0 Å². The molecule has 0 heterocycles. The molecule has 2 rings (SSSR count). The van der Waals surface area contributed by atoms with Gasteiger partial charge in [0.25, 0.3) is 0 Å². The van der Waals surface area contributed by atoms with E-state index in [0.29, 0.717) is 5.69 Å². The summed E-state index contributed by atoms with van der Waals surface area (Å²) in [6.45, 7) is 7.89. The second-order valence-corrected chi connectivity index (χ2v) is 9.67. The Bertz CT molecular complexity index is 870. The highest BCUT2D eigenvalue weighted by Gasteiger charge is 2.22. The van der Waals surface area contributed by atoms with Crippen molar-refractivity contribution in [3.05, 3.63) is 65.7 Å². The minimum absolute atomic E-state index is 0.0308. The summed E-state index contributed by atoms with van der Waals surface area (Å²) in [6, 6.07) is 16.6. The van der Waals surface area contributed by atoms with Gasteiger partial charge in [-0.25, -0.2) is 8.42 Å². The minimum atomic E-state index is -3.59. The summed E-state index contributed by atoms with van der Waals surface area (Å²) in [6.07, 6.45) is 1.11. The van der Waals surface area contributed by atoms with E-state index in [2.05, 4.69) is 26.1 Å². The molecule has 146 valence electrons. The van der Waals surface area contributed by atoms with Crippen LogP contribution < -0.4 is 9.62 Å². The summed E-state index contributed by atoms with van der Waals surface area (Å²) < 4.78 is 25.6. The Hall–Kier alpha value is -2.34. The van der Waals surface area contributed by atoms with Crippen molar-refractivity contribution >= 4 is 21.6 Å². The van der Waals surface area contributed by atoms with Gasteiger partial charge < -0.3 is 5.32 Å². The monoisotopic (exact) mass is 388 g/mol. The van der Waals surface area contributed by atoms with E-state index in [1.54, 1.807) is 12.1 Å². The van der Waals surface area contributed by atoms with Crippen LogP contribution in [0.4, 0.5) is 5.69 Å². The van der Waals surface area contributed by atoms with Crippen molar-refractivity contribution in [2.75, 3.05) is 17.1 Å². The zero-order valence-corrected chi connectivity index (χ0v) is 17.4. The van der Waals surface area contributed by atoms with Gasteiger partial charge in [0.05, 0.1) is 18.0 Å². The SMILES string of the molecule is C[C@H](NC(=O)CN(c1ccc(C(C)(C)C)cc1)S(C)(=O)=O)c1ccccc1. The van der Waals surface area contributed by atoms with Gasteiger partial charge in [0.2, 0.25) is 15.9 Å². The third-order valence-electron chi connectivity index (χ3n) is 4.39. The molecule has 0 unspecified atom stereocenters. The first-order valence-corrected chi connectivity index (χ1v) is 10.8. The second kappa shape index (κ2) is 8.13. The molecule has 0 fully saturated rings. The summed E-state index contributed by atoms with van der Waals surface area (Å²) in [5.41, 5.74) is 2.51. The fraction of sp³-hybridized carbons (Fsp3) is 0.381.